The largest absolute Gasteiger partial charge is 0.360 e. The molecule has 0 spiro atoms. The van der Waals surface area contributed by atoms with Crippen molar-refractivity contribution in [3.63, 3.8) is 0 Å². The van der Waals surface area contributed by atoms with Gasteiger partial charge in [0.2, 0.25) is 11.3 Å². The minimum Gasteiger partial charge on any atom is -0.360 e. The van der Waals surface area contributed by atoms with Gasteiger partial charge in [0.1, 0.15) is 5.82 Å². The van der Waals surface area contributed by atoms with E-state index in [0.29, 0.717) is 23.7 Å². The van der Waals surface area contributed by atoms with Gasteiger partial charge < -0.3 is 14.8 Å². The molecule has 9 heteroatoms. The van der Waals surface area contributed by atoms with Crippen molar-refractivity contribution in [1.82, 2.24) is 29.8 Å². The van der Waals surface area contributed by atoms with Crippen molar-refractivity contribution >= 4 is 22.9 Å². The molecule has 9 nitrogen and oxygen atoms in total. The number of nitrogens with one attached hydrogen (secondary N) is 1. The van der Waals surface area contributed by atoms with E-state index in [1.807, 2.05) is 6.20 Å². The molecule has 4 heterocycles. The van der Waals surface area contributed by atoms with E-state index in [4.69, 9.17) is 4.63 Å². The molecule has 0 aliphatic carbocycles. The van der Waals surface area contributed by atoms with Gasteiger partial charge >= 0.3 is 0 Å². The number of nitrogens with zero attached hydrogens (tertiary/aromatic N) is 7. The average Bonchev–Trinajstić information content (AvgIpc) is 3.31. The second-order valence-corrected chi connectivity index (χ2v) is 5.48. The van der Waals surface area contributed by atoms with Crippen LogP contribution in [0.15, 0.2) is 17.0 Å². The highest BCUT2D eigenvalue weighted by Gasteiger charge is 2.21. The maximum atomic E-state index is 4.74. The Kier molecular flexibility index (Phi) is 3.52. The highest BCUT2D eigenvalue weighted by Crippen LogP contribution is 2.27. The van der Waals surface area contributed by atoms with Gasteiger partial charge in [-0.3, -0.25) is 0 Å². The maximum absolute atomic E-state index is 4.74. The molecular formula is C14H18N8O. The first kappa shape index (κ1) is 13.9. The number of imidazole rings is 1. The number of aryl methyl sites for hydroxylation is 1. The third-order valence-electron chi connectivity index (χ3n) is 4.06. The van der Waals surface area contributed by atoms with Gasteiger partial charge in [0.15, 0.2) is 11.6 Å². The van der Waals surface area contributed by atoms with E-state index in [0.717, 1.165) is 44.1 Å². The van der Waals surface area contributed by atoms with Crippen molar-refractivity contribution < 1.29 is 4.63 Å². The van der Waals surface area contributed by atoms with Crippen molar-refractivity contribution in [2.45, 2.75) is 32.9 Å². The summed E-state index contributed by atoms with van der Waals surface area (Å²) in [5.74, 6) is 2.46. The summed E-state index contributed by atoms with van der Waals surface area (Å²) in [7, 11) is 0. The fourth-order valence-electron chi connectivity index (χ4n) is 2.86. The highest BCUT2D eigenvalue weighted by atomic mass is 16.6. The molecule has 0 bridgehead atoms. The Balaban J connectivity index is 1.65. The van der Waals surface area contributed by atoms with Crippen molar-refractivity contribution in [1.29, 1.82) is 0 Å². The van der Waals surface area contributed by atoms with Crippen molar-refractivity contribution in [2.24, 2.45) is 0 Å². The van der Waals surface area contributed by atoms with E-state index in [1.54, 1.807) is 6.20 Å². The van der Waals surface area contributed by atoms with Gasteiger partial charge in [-0.15, -0.1) is 0 Å². The predicted octanol–water partition coefficient (Wildman–Crippen LogP) is 1.44. The van der Waals surface area contributed by atoms with Crippen LogP contribution in [0.3, 0.4) is 0 Å². The second kappa shape index (κ2) is 5.82. The van der Waals surface area contributed by atoms with Crippen molar-refractivity contribution in [3.05, 3.63) is 18.2 Å². The zero-order chi connectivity index (χ0) is 15.6. The van der Waals surface area contributed by atoms with Crippen LogP contribution in [0.4, 0.5) is 11.6 Å². The lowest BCUT2D eigenvalue weighted by Crippen LogP contribution is -2.22. The van der Waals surface area contributed by atoms with Gasteiger partial charge in [0.25, 0.3) is 0 Å². The third kappa shape index (κ3) is 2.58. The Hall–Kier alpha value is -2.71. The van der Waals surface area contributed by atoms with E-state index < -0.39 is 0 Å². The molecule has 0 radical (unpaired) electrons. The first-order valence-electron chi connectivity index (χ1n) is 7.84. The molecule has 1 aliphatic heterocycles. The standard InChI is InChI=1S/C14H18N8O/c1-2-21-8-5-15-10(21)9-16-13-14(22-6-3-4-7-22)18-12-11(17-13)19-23-20-12/h5,8H,2-4,6-7,9H2,1H3,(H,16,17,19). The van der Waals surface area contributed by atoms with Crippen LogP contribution in [0.2, 0.25) is 0 Å². The lowest BCUT2D eigenvalue weighted by molar-refractivity contribution is 0.314. The van der Waals surface area contributed by atoms with E-state index in [2.05, 4.69) is 47.0 Å². The summed E-state index contributed by atoms with van der Waals surface area (Å²) < 4.78 is 6.83. The molecule has 1 N–H and O–H groups in total. The minimum atomic E-state index is 0.411. The fourth-order valence-corrected chi connectivity index (χ4v) is 2.86. The Morgan fingerprint density at radius 1 is 1.17 bits per heavy atom. The van der Waals surface area contributed by atoms with Gasteiger partial charge in [0, 0.05) is 32.0 Å². The third-order valence-corrected chi connectivity index (χ3v) is 4.06. The van der Waals surface area contributed by atoms with E-state index in [1.165, 1.54) is 0 Å². The van der Waals surface area contributed by atoms with Crippen LogP contribution in [0, 0.1) is 0 Å². The monoisotopic (exact) mass is 314 g/mol. The van der Waals surface area contributed by atoms with Crippen LogP contribution in [0.25, 0.3) is 11.3 Å². The second-order valence-electron chi connectivity index (χ2n) is 5.48. The van der Waals surface area contributed by atoms with E-state index in [-0.39, 0.29) is 0 Å². The van der Waals surface area contributed by atoms with Gasteiger partial charge in [0.05, 0.1) is 6.54 Å². The Morgan fingerprint density at radius 3 is 2.74 bits per heavy atom. The number of anilines is 2. The summed E-state index contributed by atoms with van der Waals surface area (Å²) in [6, 6.07) is 0. The Morgan fingerprint density at radius 2 is 1.96 bits per heavy atom. The molecule has 1 saturated heterocycles. The SMILES string of the molecule is CCn1ccnc1CNc1nc2nonc2nc1N1CCCC1. The van der Waals surface area contributed by atoms with E-state index >= 15 is 0 Å². The van der Waals surface area contributed by atoms with Gasteiger partial charge in [-0.2, -0.15) is 0 Å². The number of rotatable bonds is 5. The van der Waals surface area contributed by atoms with Crippen molar-refractivity contribution in [3.8, 4) is 0 Å². The number of fused-ring (bicyclic) bond motifs is 1. The predicted molar refractivity (Wildman–Crippen MR) is 84.1 cm³/mol. The zero-order valence-electron chi connectivity index (χ0n) is 12.9. The molecule has 0 saturated carbocycles. The summed E-state index contributed by atoms with van der Waals surface area (Å²) in [5.41, 5.74) is 0.849. The van der Waals surface area contributed by atoms with Gasteiger partial charge in [-0.05, 0) is 30.1 Å². The molecule has 120 valence electrons. The molecule has 1 aliphatic rings. The quantitative estimate of drug-likeness (QED) is 0.755. The molecule has 4 rings (SSSR count). The Labute approximate surface area is 132 Å². The van der Waals surface area contributed by atoms with Crippen LogP contribution < -0.4 is 10.2 Å². The van der Waals surface area contributed by atoms with Crippen LogP contribution in [-0.4, -0.2) is 42.9 Å². The summed E-state index contributed by atoms with van der Waals surface area (Å²) in [5, 5.41) is 10.9. The average molecular weight is 314 g/mol. The summed E-state index contributed by atoms with van der Waals surface area (Å²) in [6.45, 7) is 5.50. The molecular weight excluding hydrogens is 296 g/mol. The lowest BCUT2D eigenvalue weighted by atomic mass is 10.4. The van der Waals surface area contributed by atoms with Crippen molar-refractivity contribution in [2.75, 3.05) is 23.3 Å². The number of aromatic nitrogens is 6. The van der Waals surface area contributed by atoms with Crippen LogP contribution >= 0.6 is 0 Å². The molecule has 0 unspecified atom stereocenters. The molecule has 3 aromatic rings. The molecule has 0 amide bonds. The maximum Gasteiger partial charge on any atom is 0.245 e. The summed E-state index contributed by atoms with van der Waals surface area (Å²) in [4.78, 5) is 15.7. The highest BCUT2D eigenvalue weighted by molar-refractivity contribution is 5.74. The Bertz CT molecular complexity index is 804. The molecule has 0 aromatic carbocycles. The first-order valence-corrected chi connectivity index (χ1v) is 7.84. The topological polar surface area (TPSA) is 97.8 Å². The molecule has 0 atom stereocenters. The first-order chi connectivity index (χ1) is 11.3. The fraction of sp³-hybridized carbons (Fsp3) is 0.500. The smallest absolute Gasteiger partial charge is 0.245 e. The molecule has 23 heavy (non-hydrogen) atoms. The number of hydrogen-bond donors (Lipinski definition) is 1. The normalized spacial score (nSPS) is 14.7. The minimum absolute atomic E-state index is 0.411. The van der Waals surface area contributed by atoms with Gasteiger partial charge in [-0.1, -0.05) is 0 Å². The zero-order valence-corrected chi connectivity index (χ0v) is 12.9. The summed E-state index contributed by atoms with van der Waals surface area (Å²) in [6.07, 6.45) is 6.10. The van der Waals surface area contributed by atoms with Crippen LogP contribution in [0.1, 0.15) is 25.6 Å². The van der Waals surface area contributed by atoms with Gasteiger partial charge in [-0.25, -0.2) is 19.6 Å². The molecule has 3 aromatic heterocycles. The van der Waals surface area contributed by atoms with E-state index in [9.17, 15) is 0 Å². The lowest BCUT2D eigenvalue weighted by Gasteiger charge is -2.19. The van der Waals surface area contributed by atoms with Crippen LogP contribution in [0.5, 0.6) is 0 Å². The summed E-state index contributed by atoms with van der Waals surface area (Å²) >= 11 is 0. The van der Waals surface area contributed by atoms with Crippen LogP contribution in [-0.2, 0) is 13.1 Å². The number of hydrogen-bond acceptors (Lipinski definition) is 8. The molecule has 1 fully saturated rings.